The summed E-state index contributed by atoms with van der Waals surface area (Å²) in [7, 11) is 0. The van der Waals surface area contributed by atoms with Crippen LogP contribution in [0.1, 0.15) is 18.4 Å². The van der Waals surface area contributed by atoms with Crippen molar-refractivity contribution in [1.29, 1.82) is 0 Å². The molecule has 2 heteroatoms. The van der Waals surface area contributed by atoms with Gasteiger partial charge in [0.15, 0.2) is 0 Å². The summed E-state index contributed by atoms with van der Waals surface area (Å²) >= 11 is 0. The molecule has 1 saturated heterocycles. The molecule has 96 valence electrons. The lowest BCUT2D eigenvalue weighted by molar-refractivity contribution is -0.140. The number of benzene rings is 2. The van der Waals surface area contributed by atoms with Gasteiger partial charge in [0, 0.05) is 5.92 Å². The van der Waals surface area contributed by atoms with E-state index >= 15 is 0 Å². The molecule has 1 aliphatic heterocycles. The molecule has 2 atom stereocenters. The van der Waals surface area contributed by atoms with Gasteiger partial charge in [0.1, 0.15) is 0 Å². The van der Waals surface area contributed by atoms with Crippen LogP contribution in [0.15, 0.2) is 54.6 Å². The minimum Gasteiger partial charge on any atom is -0.465 e. The van der Waals surface area contributed by atoms with E-state index in [-0.39, 0.29) is 17.8 Å². The highest BCUT2D eigenvalue weighted by Crippen LogP contribution is 2.33. The Hall–Kier alpha value is -2.09. The van der Waals surface area contributed by atoms with Gasteiger partial charge in [0.2, 0.25) is 0 Å². The average molecular weight is 252 g/mol. The minimum absolute atomic E-state index is 0.0500. The first kappa shape index (κ1) is 12.0. The van der Waals surface area contributed by atoms with E-state index in [0.717, 1.165) is 0 Å². The number of carbonyl (C=O) groups is 1. The number of hydrogen-bond donors (Lipinski definition) is 0. The van der Waals surface area contributed by atoms with Gasteiger partial charge in [0.05, 0.1) is 12.5 Å². The molecule has 0 aliphatic carbocycles. The van der Waals surface area contributed by atoms with Crippen LogP contribution < -0.4 is 0 Å². The van der Waals surface area contributed by atoms with Crippen molar-refractivity contribution in [2.24, 2.45) is 5.92 Å². The number of hydrogen-bond acceptors (Lipinski definition) is 2. The van der Waals surface area contributed by atoms with E-state index in [9.17, 15) is 4.79 Å². The van der Waals surface area contributed by atoms with Crippen LogP contribution in [0.4, 0.5) is 0 Å². The van der Waals surface area contributed by atoms with Crippen molar-refractivity contribution in [3.8, 4) is 11.1 Å². The lowest BCUT2D eigenvalue weighted by Gasteiger charge is -2.13. The maximum Gasteiger partial charge on any atom is 0.309 e. The zero-order valence-electron chi connectivity index (χ0n) is 10.9. The van der Waals surface area contributed by atoms with Crippen LogP contribution in [0.5, 0.6) is 0 Å². The molecule has 0 aromatic heterocycles. The molecule has 19 heavy (non-hydrogen) atoms. The molecule has 2 unspecified atom stereocenters. The smallest absolute Gasteiger partial charge is 0.309 e. The Kier molecular flexibility index (Phi) is 3.08. The molecule has 0 spiro atoms. The van der Waals surface area contributed by atoms with Gasteiger partial charge in [-0.1, -0.05) is 61.5 Å². The first-order chi connectivity index (χ1) is 9.25. The predicted molar refractivity (Wildman–Crippen MR) is 74.7 cm³/mol. The molecule has 2 aromatic rings. The first-order valence-electron chi connectivity index (χ1n) is 6.58. The summed E-state index contributed by atoms with van der Waals surface area (Å²) in [6.07, 6.45) is 0. The van der Waals surface area contributed by atoms with Crippen molar-refractivity contribution >= 4 is 5.97 Å². The Labute approximate surface area is 113 Å². The Balaban J connectivity index is 1.95. The lowest BCUT2D eigenvalue weighted by Crippen LogP contribution is -2.10. The van der Waals surface area contributed by atoms with E-state index in [2.05, 4.69) is 30.3 Å². The van der Waals surface area contributed by atoms with Crippen LogP contribution in [0.3, 0.4) is 0 Å². The van der Waals surface area contributed by atoms with Crippen LogP contribution in [0.25, 0.3) is 11.1 Å². The summed E-state index contributed by atoms with van der Waals surface area (Å²) < 4.78 is 5.14. The van der Waals surface area contributed by atoms with Crippen molar-refractivity contribution in [3.05, 3.63) is 60.2 Å². The third kappa shape index (κ3) is 2.26. The molecule has 0 amide bonds. The zero-order chi connectivity index (χ0) is 13.2. The third-order valence-corrected chi connectivity index (χ3v) is 3.80. The van der Waals surface area contributed by atoms with Crippen molar-refractivity contribution in [2.75, 3.05) is 6.61 Å². The van der Waals surface area contributed by atoms with E-state index in [1.807, 2.05) is 31.2 Å². The van der Waals surface area contributed by atoms with E-state index in [4.69, 9.17) is 4.74 Å². The van der Waals surface area contributed by atoms with Crippen molar-refractivity contribution in [2.45, 2.75) is 12.8 Å². The van der Waals surface area contributed by atoms with Gasteiger partial charge in [-0.05, 0) is 16.7 Å². The standard InChI is InChI=1S/C17H16O2/c1-12-16(11-19-17(12)18)15-9-5-8-14(10-15)13-6-3-2-4-7-13/h2-10,12,16H,11H2,1H3. The van der Waals surface area contributed by atoms with Crippen LogP contribution in [0, 0.1) is 5.92 Å². The van der Waals surface area contributed by atoms with Crippen LogP contribution in [-0.4, -0.2) is 12.6 Å². The maximum absolute atomic E-state index is 11.5. The molecule has 3 rings (SSSR count). The van der Waals surface area contributed by atoms with E-state index in [1.54, 1.807) is 0 Å². The van der Waals surface area contributed by atoms with Crippen LogP contribution in [-0.2, 0) is 9.53 Å². The fraction of sp³-hybridized carbons (Fsp3) is 0.235. The van der Waals surface area contributed by atoms with Crippen molar-refractivity contribution < 1.29 is 9.53 Å². The molecule has 1 heterocycles. The maximum atomic E-state index is 11.5. The average Bonchev–Trinajstić information content (AvgIpc) is 2.80. The van der Waals surface area contributed by atoms with Gasteiger partial charge in [-0.2, -0.15) is 0 Å². The number of ether oxygens (including phenoxy) is 1. The molecule has 1 aliphatic rings. The third-order valence-electron chi connectivity index (χ3n) is 3.80. The summed E-state index contributed by atoms with van der Waals surface area (Å²) in [6, 6.07) is 18.7. The van der Waals surface area contributed by atoms with Gasteiger partial charge in [-0.15, -0.1) is 0 Å². The number of cyclic esters (lactones) is 1. The predicted octanol–water partition coefficient (Wildman–Crippen LogP) is 3.63. The molecule has 0 radical (unpaired) electrons. The molecule has 0 N–H and O–H groups in total. The molecular weight excluding hydrogens is 236 g/mol. The molecule has 1 fully saturated rings. The quantitative estimate of drug-likeness (QED) is 0.763. The monoisotopic (exact) mass is 252 g/mol. The van der Waals surface area contributed by atoms with Crippen molar-refractivity contribution in [3.63, 3.8) is 0 Å². The Bertz CT molecular complexity index is 589. The van der Waals surface area contributed by atoms with Crippen LogP contribution in [0.2, 0.25) is 0 Å². The number of carbonyl (C=O) groups excluding carboxylic acids is 1. The molecular formula is C17H16O2. The van der Waals surface area contributed by atoms with E-state index in [1.165, 1.54) is 16.7 Å². The van der Waals surface area contributed by atoms with Gasteiger partial charge in [0.25, 0.3) is 0 Å². The summed E-state index contributed by atoms with van der Waals surface area (Å²) in [6.45, 7) is 2.44. The normalized spacial score (nSPS) is 22.3. The van der Waals surface area contributed by atoms with Crippen LogP contribution >= 0.6 is 0 Å². The Morgan fingerprint density at radius 1 is 1.00 bits per heavy atom. The molecule has 0 bridgehead atoms. The van der Waals surface area contributed by atoms with Gasteiger partial charge < -0.3 is 4.74 Å². The van der Waals surface area contributed by atoms with Crippen molar-refractivity contribution in [1.82, 2.24) is 0 Å². The largest absolute Gasteiger partial charge is 0.465 e. The highest BCUT2D eigenvalue weighted by molar-refractivity contribution is 5.76. The fourth-order valence-electron chi connectivity index (χ4n) is 2.58. The second-order valence-corrected chi connectivity index (χ2v) is 5.02. The number of esters is 1. The number of rotatable bonds is 2. The molecule has 0 saturated carbocycles. The Morgan fingerprint density at radius 2 is 1.74 bits per heavy atom. The molecule has 2 nitrogen and oxygen atoms in total. The van der Waals surface area contributed by atoms with Gasteiger partial charge in [-0.25, -0.2) is 0 Å². The second-order valence-electron chi connectivity index (χ2n) is 5.02. The van der Waals surface area contributed by atoms with Gasteiger partial charge in [-0.3, -0.25) is 4.79 Å². The SMILES string of the molecule is CC1C(=O)OCC1c1cccc(-c2ccccc2)c1. The lowest BCUT2D eigenvalue weighted by atomic mass is 9.88. The topological polar surface area (TPSA) is 26.3 Å². The summed E-state index contributed by atoms with van der Waals surface area (Å²) in [5.41, 5.74) is 3.56. The Morgan fingerprint density at radius 3 is 2.42 bits per heavy atom. The van der Waals surface area contributed by atoms with Gasteiger partial charge >= 0.3 is 5.97 Å². The summed E-state index contributed by atoms with van der Waals surface area (Å²) in [4.78, 5) is 11.5. The molecule has 2 aromatic carbocycles. The fourth-order valence-corrected chi connectivity index (χ4v) is 2.58. The highest BCUT2D eigenvalue weighted by Gasteiger charge is 2.34. The highest BCUT2D eigenvalue weighted by atomic mass is 16.5. The summed E-state index contributed by atoms with van der Waals surface area (Å²) in [5, 5.41) is 0. The minimum atomic E-state index is -0.0879. The second kappa shape index (κ2) is 4.88. The summed E-state index contributed by atoms with van der Waals surface area (Å²) in [5.74, 6) is 0.0392. The van der Waals surface area contributed by atoms with E-state index in [0.29, 0.717) is 6.61 Å². The first-order valence-corrected chi connectivity index (χ1v) is 6.58. The van der Waals surface area contributed by atoms with E-state index < -0.39 is 0 Å². The zero-order valence-corrected chi connectivity index (χ0v) is 10.9.